The van der Waals surface area contributed by atoms with Gasteiger partial charge in [0.25, 0.3) is 0 Å². The van der Waals surface area contributed by atoms with Crippen molar-refractivity contribution in [2.45, 2.75) is 6.18 Å². The van der Waals surface area contributed by atoms with Crippen molar-refractivity contribution in [1.82, 2.24) is 9.91 Å². The molecule has 2 rings (SSSR count). The average molecular weight is 209 g/mol. The quantitative estimate of drug-likeness (QED) is 0.630. The van der Waals surface area contributed by atoms with Crippen molar-refractivity contribution in [3.8, 4) is 0 Å². The highest BCUT2D eigenvalue weighted by atomic mass is 19.4. The molecule has 0 unspecified atom stereocenters. The molecule has 82 valence electrons. The summed E-state index contributed by atoms with van der Waals surface area (Å²) in [5.74, 6) is 6.26. The van der Waals surface area contributed by atoms with Crippen LogP contribution in [0.3, 0.4) is 0 Å². The maximum Gasteiger partial charge on any atom is 0.401 e. The largest absolute Gasteiger partial charge is 0.401 e. The van der Waals surface area contributed by atoms with Gasteiger partial charge in [-0.2, -0.15) is 13.2 Å². The van der Waals surface area contributed by atoms with Crippen LogP contribution in [0.25, 0.3) is 0 Å². The Bertz CT molecular complexity index is 204. The molecular weight excluding hydrogens is 195 g/mol. The summed E-state index contributed by atoms with van der Waals surface area (Å²) in [6.45, 7) is 1.78. The van der Waals surface area contributed by atoms with Crippen LogP contribution in [0.5, 0.6) is 0 Å². The second kappa shape index (κ2) is 3.36. The first-order chi connectivity index (χ1) is 6.44. The zero-order chi connectivity index (χ0) is 10.3. The zero-order valence-electron chi connectivity index (χ0n) is 7.80. The molecule has 0 radical (unpaired) electrons. The molecule has 2 aliphatic rings. The number of hydrogen-bond acceptors (Lipinski definition) is 3. The summed E-state index contributed by atoms with van der Waals surface area (Å²) < 4.78 is 36.3. The van der Waals surface area contributed by atoms with E-state index in [9.17, 15) is 13.2 Å². The number of nitrogens with zero attached hydrogens (tertiary/aromatic N) is 2. The standard InChI is InChI=1S/C8H14F3N3/c9-8(10,11)5-13-1-6-3-14(12)4-7(6)2-13/h6-7H,1-5,12H2/t6-,7+. The van der Waals surface area contributed by atoms with Crippen LogP contribution in [0.2, 0.25) is 0 Å². The first-order valence-corrected chi connectivity index (χ1v) is 4.73. The molecule has 2 aliphatic heterocycles. The molecule has 0 bridgehead atoms. The Labute approximate surface area is 80.6 Å². The van der Waals surface area contributed by atoms with Crippen LogP contribution in [0, 0.1) is 11.8 Å². The van der Waals surface area contributed by atoms with Gasteiger partial charge in [0.2, 0.25) is 0 Å². The van der Waals surface area contributed by atoms with Crippen LogP contribution in [0.4, 0.5) is 13.2 Å². The third-order valence-electron chi connectivity index (χ3n) is 2.99. The smallest absolute Gasteiger partial charge is 0.294 e. The third-order valence-corrected chi connectivity index (χ3v) is 2.99. The van der Waals surface area contributed by atoms with Gasteiger partial charge >= 0.3 is 6.18 Å². The number of halogens is 3. The Kier molecular flexibility index (Phi) is 2.45. The first-order valence-electron chi connectivity index (χ1n) is 4.73. The number of hydrazine groups is 1. The van der Waals surface area contributed by atoms with Crippen molar-refractivity contribution in [1.29, 1.82) is 0 Å². The fourth-order valence-electron chi connectivity index (χ4n) is 2.51. The highest BCUT2D eigenvalue weighted by Crippen LogP contribution is 2.31. The molecule has 0 aromatic heterocycles. The van der Waals surface area contributed by atoms with Crippen molar-refractivity contribution in [2.75, 3.05) is 32.7 Å². The Morgan fingerprint density at radius 1 is 1.07 bits per heavy atom. The van der Waals surface area contributed by atoms with E-state index in [2.05, 4.69) is 0 Å². The fourth-order valence-corrected chi connectivity index (χ4v) is 2.51. The molecular formula is C8H14F3N3. The van der Waals surface area contributed by atoms with Crippen molar-refractivity contribution in [2.24, 2.45) is 17.7 Å². The van der Waals surface area contributed by atoms with E-state index in [1.54, 1.807) is 5.01 Å². The average Bonchev–Trinajstić information content (AvgIpc) is 2.39. The van der Waals surface area contributed by atoms with E-state index in [1.165, 1.54) is 4.90 Å². The van der Waals surface area contributed by atoms with Gasteiger partial charge in [-0.05, 0) is 11.8 Å². The third kappa shape index (κ3) is 2.18. The monoisotopic (exact) mass is 209 g/mol. The predicted octanol–water partition coefficient (Wildman–Crippen LogP) is 0.286. The maximum atomic E-state index is 12.1. The lowest BCUT2D eigenvalue weighted by molar-refractivity contribution is -0.144. The summed E-state index contributed by atoms with van der Waals surface area (Å²) >= 11 is 0. The van der Waals surface area contributed by atoms with Gasteiger partial charge < -0.3 is 0 Å². The van der Waals surface area contributed by atoms with Gasteiger partial charge in [-0.25, -0.2) is 5.01 Å². The summed E-state index contributed by atoms with van der Waals surface area (Å²) in [5.41, 5.74) is 0. The number of hydrogen-bond donors (Lipinski definition) is 1. The minimum atomic E-state index is -4.07. The summed E-state index contributed by atoms with van der Waals surface area (Å²) in [6, 6.07) is 0. The molecule has 2 fully saturated rings. The Morgan fingerprint density at radius 2 is 1.57 bits per heavy atom. The second-order valence-corrected chi connectivity index (χ2v) is 4.28. The summed E-state index contributed by atoms with van der Waals surface area (Å²) in [7, 11) is 0. The van der Waals surface area contributed by atoms with Crippen molar-refractivity contribution >= 4 is 0 Å². The number of likely N-dealkylation sites (tertiary alicyclic amines) is 1. The van der Waals surface area contributed by atoms with Crippen LogP contribution in [0.1, 0.15) is 0 Å². The predicted molar refractivity (Wildman–Crippen MR) is 45.2 cm³/mol. The molecule has 2 saturated heterocycles. The van der Waals surface area contributed by atoms with Crippen molar-refractivity contribution < 1.29 is 13.2 Å². The van der Waals surface area contributed by atoms with Gasteiger partial charge in [0.1, 0.15) is 0 Å². The molecule has 14 heavy (non-hydrogen) atoms. The SMILES string of the molecule is NN1C[C@@H]2CN(CC(F)(F)F)C[C@@H]2C1. The normalized spacial score (nSPS) is 35.1. The topological polar surface area (TPSA) is 32.5 Å². The van der Waals surface area contributed by atoms with E-state index in [-0.39, 0.29) is 0 Å². The summed E-state index contributed by atoms with van der Waals surface area (Å²) in [5, 5.41) is 1.71. The van der Waals surface area contributed by atoms with Gasteiger partial charge in [0, 0.05) is 26.2 Å². The lowest BCUT2D eigenvalue weighted by Crippen LogP contribution is -2.37. The Hall–Kier alpha value is -0.330. The molecule has 0 aromatic rings. The molecule has 0 spiro atoms. The molecule has 2 N–H and O–H groups in total. The van der Waals surface area contributed by atoms with Crippen LogP contribution >= 0.6 is 0 Å². The Morgan fingerprint density at radius 3 is 2.00 bits per heavy atom. The van der Waals surface area contributed by atoms with Crippen LogP contribution in [-0.4, -0.2) is 48.8 Å². The molecule has 0 aromatic carbocycles. The second-order valence-electron chi connectivity index (χ2n) is 4.28. The van der Waals surface area contributed by atoms with Gasteiger partial charge in [0.15, 0.2) is 0 Å². The van der Waals surface area contributed by atoms with Crippen molar-refractivity contribution in [3.63, 3.8) is 0 Å². The molecule has 0 amide bonds. The first kappa shape index (κ1) is 10.2. The van der Waals surface area contributed by atoms with Gasteiger partial charge in [-0.1, -0.05) is 0 Å². The highest BCUT2D eigenvalue weighted by molar-refractivity contribution is 4.91. The van der Waals surface area contributed by atoms with E-state index in [1.807, 2.05) is 0 Å². The van der Waals surface area contributed by atoms with E-state index < -0.39 is 12.7 Å². The molecule has 2 atom stereocenters. The number of fused-ring (bicyclic) bond motifs is 1. The maximum absolute atomic E-state index is 12.1. The minimum absolute atomic E-state index is 0.336. The van der Waals surface area contributed by atoms with Gasteiger partial charge in [-0.15, -0.1) is 0 Å². The molecule has 0 saturated carbocycles. The van der Waals surface area contributed by atoms with Gasteiger partial charge in [-0.3, -0.25) is 10.7 Å². The molecule has 6 heteroatoms. The lowest BCUT2D eigenvalue weighted by atomic mass is 10.0. The van der Waals surface area contributed by atoms with Crippen LogP contribution in [0.15, 0.2) is 0 Å². The number of nitrogens with two attached hydrogens (primary N) is 1. The lowest BCUT2D eigenvalue weighted by Gasteiger charge is -2.19. The molecule has 2 heterocycles. The summed E-state index contributed by atoms with van der Waals surface area (Å²) in [6.07, 6.45) is -4.07. The van der Waals surface area contributed by atoms with Crippen LogP contribution < -0.4 is 5.84 Å². The minimum Gasteiger partial charge on any atom is -0.294 e. The molecule has 0 aliphatic carbocycles. The number of rotatable bonds is 1. The van der Waals surface area contributed by atoms with Gasteiger partial charge in [0.05, 0.1) is 6.54 Å². The van der Waals surface area contributed by atoms with E-state index in [0.29, 0.717) is 24.9 Å². The fraction of sp³-hybridized carbons (Fsp3) is 1.00. The van der Waals surface area contributed by atoms with E-state index in [4.69, 9.17) is 5.84 Å². The highest BCUT2D eigenvalue weighted by Gasteiger charge is 2.42. The summed E-state index contributed by atoms with van der Waals surface area (Å²) in [4.78, 5) is 1.49. The Balaban J connectivity index is 1.86. The zero-order valence-corrected chi connectivity index (χ0v) is 7.80. The van der Waals surface area contributed by atoms with E-state index >= 15 is 0 Å². The molecule has 3 nitrogen and oxygen atoms in total. The van der Waals surface area contributed by atoms with Crippen molar-refractivity contribution in [3.05, 3.63) is 0 Å². The van der Waals surface area contributed by atoms with E-state index in [0.717, 1.165) is 13.1 Å². The van der Waals surface area contributed by atoms with Crippen LogP contribution in [-0.2, 0) is 0 Å². The number of alkyl halides is 3.